The van der Waals surface area contributed by atoms with Gasteiger partial charge in [0, 0.05) is 0 Å². The van der Waals surface area contributed by atoms with Crippen LogP contribution in [0.4, 0.5) is 0 Å². The molecule has 204 valence electrons. The third kappa shape index (κ3) is 21.9. The number of carbonyl (C=O) groups excluding carboxylic acids is 1. The lowest BCUT2D eigenvalue weighted by Crippen LogP contribution is -2.32. The highest BCUT2D eigenvalue weighted by molar-refractivity contribution is 7.87. The van der Waals surface area contributed by atoms with Gasteiger partial charge in [0.25, 0.3) is 10.1 Å². The SMILES string of the molecule is CCCCCCCCCCCCCCCCOC(=O)C(CCCCCCCCCC)S(=O)(=O)O. The fraction of sp³-hybridized carbons (Fsp3) is 0.964. The average molecular weight is 505 g/mol. The minimum Gasteiger partial charge on any atom is -0.465 e. The maximum Gasteiger partial charge on any atom is 0.326 e. The summed E-state index contributed by atoms with van der Waals surface area (Å²) in [4.78, 5) is 12.2. The summed E-state index contributed by atoms with van der Waals surface area (Å²) >= 11 is 0. The van der Waals surface area contributed by atoms with Gasteiger partial charge in [0.05, 0.1) is 6.61 Å². The summed E-state index contributed by atoms with van der Waals surface area (Å²) in [6.07, 6.45) is 26.3. The van der Waals surface area contributed by atoms with Crippen molar-refractivity contribution in [2.75, 3.05) is 6.61 Å². The first kappa shape index (κ1) is 33.4. The molecule has 0 radical (unpaired) electrons. The van der Waals surface area contributed by atoms with Crippen molar-refractivity contribution in [3.8, 4) is 0 Å². The van der Waals surface area contributed by atoms with Crippen molar-refractivity contribution in [3.63, 3.8) is 0 Å². The van der Waals surface area contributed by atoms with Crippen molar-refractivity contribution in [1.82, 2.24) is 0 Å². The summed E-state index contributed by atoms with van der Waals surface area (Å²) in [6.45, 7) is 4.68. The number of hydrogen-bond acceptors (Lipinski definition) is 4. The van der Waals surface area contributed by atoms with Crippen molar-refractivity contribution in [2.45, 2.75) is 167 Å². The van der Waals surface area contributed by atoms with Gasteiger partial charge in [-0.15, -0.1) is 0 Å². The normalized spacial score (nSPS) is 12.7. The van der Waals surface area contributed by atoms with E-state index in [1.807, 2.05) is 0 Å². The number of esters is 1. The number of unbranched alkanes of at least 4 members (excludes halogenated alkanes) is 20. The van der Waals surface area contributed by atoms with Crippen LogP contribution in [-0.4, -0.2) is 30.8 Å². The topological polar surface area (TPSA) is 80.7 Å². The monoisotopic (exact) mass is 504 g/mol. The molecule has 0 aromatic heterocycles. The third-order valence-electron chi connectivity index (χ3n) is 6.68. The van der Waals surface area contributed by atoms with Crippen LogP contribution in [0, 0.1) is 0 Å². The summed E-state index contributed by atoms with van der Waals surface area (Å²) in [5.74, 6) is -0.792. The van der Waals surface area contributed by atoms with Gasteiger partial charge in [-0.25, -0.2) is 0 Å². The lowest BCUT2D eigenvalue weighted by Gasteiger charge is -2.13. The largest absolute Gasteiger partial charge is 0.465 e. The van der Waals surface area contributed by atoms with Gasteiger partial charge in [-0.2, -0.15) is 8.42 Å². The van der Waals surface area contributed by atoms with E-state index in [4.69, 9.17) is 4.74 Å². The Morgan fingerprint density at radius 2 is 0.912 bits per heavy atom. The van der Waals surface area contributed by atoms with Gasteiger partial charge in [0.1, 0.15) is 0 Å². The van der Waals surface area contributed by atoms with E-state index in [-0.39, 0.29) is 13.0 Å². The number of ether oxygens (including phenoxy) is 1. The number of rotatable bonds is 26. The predicted molar refractivity (Wildman–Crippen MR) is 144 cm³/mol. The van der Waals surface area contributed by atoms with Crippen LogP contribution in [0.1, 0.15) is 162 Å². The molecule has 0 aliphatic rings. The van der Waals surface area contributed by atoms with Gasteiger partial charge in [0.15, 0.2) is 5.25 Å². The zero-order chi connectivity index (χ0) is 25.3. The maximum absolute atomic E-state index is 12.2. The first-order chi connectivity index (χ1) is 16.4. The molecule has 0 aromatic rings. The molecule has 34 heavy (non-hydrogen) atoms. The molecule has 0 aliphatic carbocycles. The van der Waals surface area contributed by atoms with Crippen molar-refractivity contribution in [3.05, 3.63) is 0 Å². The van der Waals surface area contributed by atoms with Crippen LogP contribution >= 0.6 is 0 Å². The van der Waals surface area contributed by atoms with E-state index in [0.29, 0.717) is 6.42 Å². The molecule has 1 unspecified atom stereocenters. The van der Waals surface area contributed by atoms with E-state index in [0.717, 1.165) is 38.5 Å². The smallest absolute Gasteiger partial charge is 0.326 e. The second-order valence-electron chi connectivity index (χ2n) is 10.0. The van der Waals surface area contributed by atoms with Crippen LogP contribution in [0.25, 0.3) is 0 Å². The summed E-state index contributed by atoms with van der Waals surface area (Å²) in [5, 5.41) is -1.43. The molecule has 0 aliphatic heterocycles. The van der Waals surface area contributed by atoms with E-state index in [1.165, 1.54) is 96.3 Å². The number of hydrogen-bond donors (Lipinski definition) is 1. The van der Waals surface area contributed by atoms with Gasteiger partial charge in [-0.05, 0) is 12.8 Å². The fourth-order valence-electron chi connectivity index (χ4n) is 4.41. The highest BCUT2D eigenvalue weighted by Crippen LogP contribution is 2.16. The number of carbonyl (C=O) groups is 1. The lowest BCUT2D eigenvalue weighted by atomic mass is 10.0. The second kappa shape index (κ2) is 24.1. The Hall–Kier alpha value is -0.620. The molecule has 0 aromatic carbocycles. The van der Waals surface area contributed by atoms with Crippen LogP contribution in [-0.2, 0) is 19.6 Å². The molecular formula is C28H56O5S. The van der Waals surface area contributed by atoms with Crippen LogP contribution in [0.3, 0.4) is 0 Å². The summed E-state index contributed by atoms with van der Waals surface area (Å²) in [7, 11) is -4.41. The summed E-state index contributed by atoms with van der Waals surface area (Å²) in [5.41, 5.74) is 0. The fourth-order valence-corrected chi connectivity index (χ4v) is 5.19. The minimum absolute atomic E-state index is 0.144. The van der Waals surface area contributed by atoms with Crippen LogP contribution in [0.5, 0.6) is 0 Å². The summed E-state index contributed by atoms with van der Waals surface area (Å²) in [6, 6.07) is 0. The second-order valence-corrected chi connectivity index (χ2v) is 11.6. The van der Waals surface area contributed by atoms with E-state index in [1.54, 1.807) is 0 Å². The van der Waals surface area contributed by atoms with Gasteiger partial charge < -0.3 is 4.74 Å². The Morgan fingerprint density at radius 1 is 0.588 bits per heavy atom. The zero-order valence-electron chi connectivity index (χ0n) is 22.5. The molecule has 5 nitrogen and oxygen atoms in total. The standard InChI is InChI=1S/C28H56O5S/c1-3-5-7-9-11-13-14-15-16-17-18-20-22-24-26-33-28(29)27(34(30,31)32)25-23-21-19-12-10-8-6-4-2/h27H,3-26H2,1-2H3,(H,30,31,32). The van der Waals surface area contributed by atoms with E-state index < -0.39 is 21.3 Å². The molecule has 0 heterocycles. The Labute approximate surface area is 211 Å². The molecular weight excluding hydrogens is 448 g/mol. The highest BCUT2D eigenvalue weighted by atomic mass is 32.2. The molecule has 1 atom stereocenters. The van der Waals surface area contributed by atoms with E-state index >= 15 is 0 Å². The Bertz CT molecular complexity index is 547. The van der Waals surface area contributed by atoms with Gasteiger partial charge in [-0.1, -0.05) is 149 Å². The summed E-state index contributed by atoms with van der Waals surface area (Å²) < 4.78 is 37.9. The van der Waals surface area contributed by atoms with Crippen molar-refractivity contribution in [1.29, 1.82) is 0 Å². The van der Waals surface area contributed by atoms with Crippen molar-refractivity contribution >= 4 is 16.1 Å². The zero-order valence-corrected chi connectivity index (χ0v) is 23.4. The minimum atomic E-state index is -4.41. The lowest BCUT2D eigenvalue weighted by molar-refractivity contribution is -0.143. The molecule has 1 N–H and O–H groups in total. The quantitative estimate of drug-likeness (QED) is 0.0723. The Balaban J connectivity index is 3.69. The van der Waals surface area contributed by atoms with Crippen molar-refractivity contribution in [2.24, 2.45) is 0 Å². The molecule has 0 spiro atoms. The first-order valence-corrected chi connectivity index (χ1v) is 16.1. The maximum atomic E-state index is 12.2. The molecule has 0 amide bonds. The predicted octanol–water partition coefficient (Wildman–Crippen LogP) is 8.80. The van der Waals surface area contributed by atoms with E-state index in [2.05, 4.69) is 13.8 Å². The molecule has 0 bridgehead atoms. The van der Waals surface area contributed by atoms with Crippen LogP contribution in [0.15, 0.2) is 0 Å². The Morgan fingerprint density at radius 3 is 1.26 bits per heavy atom. The van der Waals surface area contributed by atoms with E-state index in [9.17, 15) is 17.8 Å². The van der Waals surface area contributed by atoms with Crippen LogP contribution in [0.2, 0.25) is 0 Å². The average Bonchev–Trinajstić information content (AvgIpc) is 2.79. The van der Waals surface area contributed by atoms with Gasteiger partial charge in [-0.3, -0.25) is 9.35 Å². The third-order valence-corrected chi connectivity index (χ3v) is 7.83. The first-order valence-electron chi connectivity index (χ1n) is 14.6. The van der Waals surface area contributed by atoms with Gasteiger partial charge >= 0.3 is 5.97 Å². The molecule has 0 rings (SSSR count). The molecule has 0 saturated carbocycles. The molecule has 6 heteroatoms. The molecule has 0 fully saturated rings. The van der Waals surface area contributed by atoms with Gasteiger partial charge in [0.2, 0.25) is 0 Å². The van der Waals surface area contributed by atoms with Crippen LogP contribution < -0.4 is 0 Å². The Kier molecular flexibility index (Phi) is 23.7. The molecule has 0 saturated heterocycles. The highest BCUT2D eigenvalue weighted by Gasteiger charge is 2.31. The van der Waals surface area contributed by atoms with Crippen molar-refractivity contribution < 1.29 is 22.5 Å².